The summed E-state index contributed by atoms with van der Waals surface area (Å²) in [5.41, 5.74) is 5.84. The summed E-state index contributed by atoms with van der Waals surface area (Å²) < 4.78 is 0. The fourth-order valence-corrected chi connectivity index (χ4v) is 2.33. The molecule has 82 valence electrons. The van der Waals surface area contributed by atoms with Crippen molar-refractivity contribution in [2.75, 3.05) is 18.6 Å². The number of nitrogens with two attached hydrogens (primary N) is 1. The van der Waals surface area contributed by atoms with E-state index in [2.05, 4.69) is 6.92 Å². The fourth-order valence-electron chi connectivity index (χ4n) is 1.84. The van der Waals surface area contributed by atoms with Gasteiger partial charge in [-0.1, -0.05) is 0 Å². The van der Waals surface area contributed by atoms with Gasteiger partial charge in [0.25, 0.3) is 0 Å². The van der Waals surface area contributed by atoms with Gasteiger partial charge < -0.3 is 10.6 Å². The van der Waals surface area contributed by atoms with Crippen molar-refractivity contribution >= 4 is 17.7 Å². The molecule has 0 aromatic carbocycles. The molecule has 3 nitrogen and oxygen atoms in total. The van der Waals surface area contributed by atoms with Crippen LogP contribution in [0.4, 0.5) is 0 Å². The molecule has 1 heterocycles. The largest absolute Gasteiger partial charge is 0.339 e. The second-order valence-corrected chi connectivity index (χ2v) is 4.90. The van der Waals surface area contributed by atoms with Crippen LogP contribution in [0.2, 0.25) is 0 Å². The zero-order chi connectivity index (χ0) is 10.6. The molecule has 1 unspecified atom stereocenters. The van der Waals surface area contributed by atoms with Crippen molar-refractivity contribution in [1.29, 1.82) is 0 Å². The Morgan fingerprint density at radius 1 is 1.71 bits per heavy atom. The molecule has 0 saturated carbocycles. The van der Waals surface area contributed by atoms with Gasteiger partial charge in [-0.25, -0.2) is 0 Å². The van der Waals surface area contributed by atoms with E-state index in [9.17, 15) is 4.79 Å². The monoisotopic (exact) mass is 216 g/mol. The molecule has 4 heteroatoms. The van der Waals surface area contributed by atoms with Crippen LogP contribution < -0.4 is 5.73 Å². The molecule has 0 spiro atoms. The third-order valence-electron chi connectivity index (χ3n) is 2.79. The van der Waals surface area contributed by atoms with E-state index in [1.165, 1.54) is 0 Å². The molecular formula is C10H20N2OS. The number of carbonyl (C=O) groups excluding carboxylic acids is 1. The highest BCUT2D eigenvalue weighted by Crippen LogP contribution is 2.17. The SMILES string of the molecule is CSCC[C@H](N)C(=O)N1CCCC1C. The van der Waals surface area contributed by atoms with Crippen LogP contribution in [0.15, 0.2) is 0 Å². The van der Waals surface area contributed by atoms with E-state index in [1.807, 2.05) is 11.2 Å². The molecule has 2 atom stereocenters. The molecule has 0 bridgehead atoms. The van der Waals surface area contributed by atoms with Gasteiger partial charge in [-0.3, -0.25) is 4.79 Å². The Kier molecular flexibility index (Phi) is 4.75. The lowest BCUT2D eigenvalue weighted by Crippen LogP contribution is -2.45. The highest BCUT2D eigenvalue weighted by molar-refractivity contribution is 7.98. The molecule has 1 saturated heterocycles. The van der Waals surface area contributed by atoms with Crippen LogP contribution in [-0.2, 0) is 4.79 Å². The number of rotatable bonds is 4. The van der Waals surface area contributed by atoms with Crippen molar-refractivity contribution in [2.24, 2.45) is 5.73 Å². The van der Waals surface area contributed by atoms with E-state index in [-0.39, 0.29) is 11.9 Å². The number of thioether (sulfide) groups is 1. The van der Waals surface area contributed by atoms with Crippen LogP contribution in [0.5, 0.6) is 0 Å². The predicted molar refractivity (Wildman–Crippen MR) is 61.4 cm³/mol. The lowest BCUT2D eigenvalue weighted by molar-refractivity contribution is -0.133. The quantitative estimate of drug-likeness (QED) is 0.765. The number of likely N-dealkylation sites (tertiary alicyclic amines) is 1. The highest BCUT2D eigenvalue weighted by Gasteiger charge is 2.28. The molecule has 0 radical (unpaired) electrons. The molecule has 1 aliphatic heterocycles. The number of hydrogen-bond acceptors (Lipinski definition) is 3. The summed E-state index contributed by atoms with van der Waals surface area (Å²) in [6, 6.07) is 0.103. The van der Waals surface area contributed by atoms with Gasteiger partial charge in [0.2, 0.25) is 5.91 Å². The molecule has 1 aliphatic rings. The Morgan fingerprint density at radius 3 is 2.93 bits per heavy atom. The van der Waals surface area contributed by atoms with E-state index < -0.39 is 0 Å². The lowest BCUT2D eigenvalue weighted by atomic mass is 10.2. The molecule has 0 aromatic rings. The molecule has 1 amide bonds. The van der Waals surface area contributed by atoms with E-state index in [4.69, 9.17) is 5.73 Å². The second-order valence-electron chi connectivity index (χ2n) is 3.91. The standard InChI is InChI=1S/C10H20N2OS/c1-8-4-3-6-12(8)10(13)9(11)5-7-14-2/h8-9H,3-7,11H2,1-2H3/t8?,9-/m0/s1. The third kappa shape index (κ3) is 2.89. The van der Waals surface area contributed by atoms with Crippen molar-refractivity contribution in [2.45, 2.75) is 38.3 Å². The van der Waals surface area contributed by atoms with Gasteiger partial charge in [0.15, 0.2) is 0 Å². The fraction of sp³-hybridized carbons (Fsp3) is 0.900. The smallest absolute Gasteiger partial charge is 0.239 e. The van der Waals surface area contributed by atoms with Crippen LogP contribution in [0.3, 0.4) is 0 Å². The first-order valence-corrected chi connectivity index (χ1v) is 6.61. The minimum absolute atomic E-state index is 0.143. The summed E-state index contributed by atoms with van der Waals surface area (Å²) in [6.07, 6.45) is 5.09. The molecule has 14 heavy (non-hydrogen) atoms. The van der Waals surface area contributed by atoms with E-state index >= 15 is 0 Å². The summed E-state index contributed by atoms with van der Waals surface area (Å²) in [5.74, 6) is 1.11. The third-order valence-corrected chi connectivity index (χ3v) is 3.43. The molecule has 0 aromatic heterocycles. The normalized spacial score (nSPS) is 23.9. The Balaban J connectivity index is 2.39. The average molecular weight is 216 g/mol. The van der Waals surface area contributed by atoms with Gasteiger partial charge >= 0.3 is 0 Å². The maximum absolute atomic E-state index is 11.9. The van der Waals surface area contributed by atoms with Crippen molar-refractivity contribution in [3.05, 3.63) is 0 Å². The van der Waals surface area contributed by atoms with Crippen molar-refractivity contribution < 1.29 is 4.79 Å². The minimum Gasteiger partial charge on any atom is -0.339 e. The molecule has 1 rings (SSSR count). The highest BCUT2D eigenvalue weighted by atomic mass is 32.2. The van der Waals surface area contributed by atoms with Gasteiger partial charge in [-0.05, 0) is 38.2 Å². The van der Waals surface area contributed by atoms with Crippen LogP contribution in [-0.4, -0.2) is 41.4 Å². The Bertz CT molecular complexity index is 199. The lowest BCUT2D eigenvalue weighted by Gasteiger charge is -2.24. The summed E-state index contributed by atoms with van der Waals surface area (Å²) in [4.78, 5) is 13.8. The zero-order valence-corrected chi connectivity index (χ0v) is 9.85. The molecule has 2 N–H and O–H groups in total. The summed E-state index contributed by atoms with van der Waals surface area (Å²) >= 11 is 1.74. The van der Waals surface area contributed by atoms with Gasteiger partial charge in [0, 0.05) is 12.6 Å². The van der Waals surface area contributed by atoms with Gasteiger partial charge in [0.05, 0.1) is 6.04 Å². The van der Waals surface area contributed by atoms with E-state index in [0.717, 1.165) is 31.6 Å². The Morgan fingerprint density at radius 2 is 2.43 bits per heavy atom. The number of amides is 1. The summed E-state index contributed by atoms with van der Waals surface area (Å²) in [6.45, 7) is 3.00. The first-order chi connectivity index (χ1) is 6.66. The van der Waals surface area contributed by atoms with Crippen LogP contribution >= 0.6 is 11.8 Å². The maximum Gasteiger partial charge on any atom is 0.239 e. The number of carbonyl (C=O) groups is 1. The van der Waals surface area contributed by atoms with E-state index in [1.54, 1.807) is 11.8 Å². The predicted octanol–water partition coefficient (Wildman–Crippen LogP) is 1.08. The molecule has 0 aliphatic carbocycles. The summed E-state index contributed by atoms with van der Waals surface area (Å²) in [5, 5.41) is 0. The minimum atomic E-state index is -0.289. The zero-order valence-electron chi connectivity index (χ0n) is 9.03. The first-order valence-electron chi connectivity index (χ1n) is 5.21. The molecular weight excluding hydrogens is 196 g/mol. The van der Waals surface area contributed by atoms with Gasteiger partial charge in [0.1, 0.15) is 0 Å². The van der Waals surface area contributed by atoms with E-state index in [0.29, 0.717) is 6.04 Å². The topological polar surface area (TPSA) is 46.3 Å². The average Bonchev–Trinajstić information content (AvgIpc) is 2.59. The van der Waals surface area contributed by atoms with Gasteiger partial charge in [-0.15, -0.1) is 0 Å². The van der Waals surface area contributed by atoms with Crippen molar-refractivity contribution in [3.63, 3.8) is 0 Å². The van der Waals surface area contributed by atoms with Gasteiger partial charge in [-0.2, -0.15) is 11.8 Å². The number of nitrogens with zero attached hydrogens (tertiary/aromatic N) is 1. The Hall–Kier alpha value is -0.220. The van der Waals surface area contributed by atoms with Crippen molar-refractivity contribution in [1.82, 2.24) is 4.90 Å². The second kappa shape index (κ2) is 5.61. The van der Waals surface area contributed by atoms with Crippen LogP contribution in [0.25, 0.3) is 0 Å². The Labute approximate surface area is 90.4 Å². The summed E-state index contributed by atoms with van der Waals surface area (Å²) in [7, 11) is 0. The van der Waals surface area contributed by atoms with Crippen molar-refractivity contribution in [3.8, 4) is 0 Å². The molecule has 1 fully saturated rings. The maximum atomic E-state index is 11.9. The van der Waals surface area contributed by atoms with Crippen LogP contribution in [0.1, 0.15) is 26.2 Å². The number of hydrogen-bond donors (Lipinski definition) is 1. The first kappa shape index (κ1) is 11.9. The van der Waals surface area contributed by atoms with Crippen LogP contribution in [0, 0.1) is 0 Å².